The molecular weight excluding hydrogens is 231 g/mol. The van der Waals surface area contributed by atoms with Crippen LogP contribution < -0.4 is 0 Å². The van der Waals surface area contributed by atoms with Gasteiger partial charge in [0.15, 0.2) is 0 Å². The SMILES string of the molecule is O.O.O=C(O)O.[La]. The van der Waals surface area contributed by atoms with Gasteiger partial charge >= 0.3 is 6.16 Å². The van der Waals surface area contributed by atoms with Crippen molar-refractivity contribution in [3.63, 3.8) is 0 Å². The Kier molecular flexibility index (Phi) is 60.7. The first kappa shape index (κ1) is 26.3. The van der Waals surface area contributed by atoms with E-state index in [1.54, 1.807) is 0 Å². The van der Waals surface area contributed by atoms with Crippen LogP contribution in [0, 0.1) is 35.6 Å². The van der Waals surface area contributed by atoms with Crippen molar-refractivity contribution in [1.29, 1.82) is 0 Å². The summed E-state index contributed by atoms with van der Waals surface area (Å²) in [4.78, 5) is 8.56. The Bertz CT molecular complexity index is 31.1. The fourth-order valence-corrected chi connectivity index (χ4v) is 0. The quantitative estimate of drug-likeness (QED) is 0.537. The van der Waals surface area contributed by atoms with E-state index in [9.17, 15) is 0 Å². The molecule has 5 nitrogen and oxygen atoms in total. The average molecular weight is 237 g/mol. The summed E-state index contributed by atoms with van der Waals surface area (Å²) in [6.07, 6.45) is -1.83. The van der Waals surface area contributed by atoms with E-state index in [0.717, 1.165) is 0 Å². The molecule has 6 heteroatoms. The smallest absolute Gasteiger partial charge is 0.450 e. The number of carbonyl (C=O) groups is 1. The van der Waals surface area contributed by atoms with Gasteiger partial charge in [0.25, 0.3) is 0 Å². The number of hydrogen-bond donors (Lipinski definition) is 2. The molecule has 0 aliphatic heterocycles. The van der Waals surface area contributed by atoms with Gasteiger partial charge in [0, 0.05) is 35.6 Å². The van der Waals surface area contributed by atoms with E-state index in [1.165, 1.54) is 0 Å². The van der Waals surface area contributed by atoms with Crippen molar-refractivity contribution in [3.05, 3.63) is 0 Å². The van der Waals surface area contributed by atoms with Gasteiger partial charge in [-0.25, -0.2) is 4.79 Å². The van der Waals surface area contributed by atoms with Crippen LogP contribution in [0.4, 0.5) is 4.79 Å². The van der Waals surface area contributed by atoms with E-state index >= 15 is 0 Å². The van der Waals surface area contributed by atoms with Gasteiger partial charge in [0.2, 0.25) is 0 Å². The molecule has 1 radical (unpaired) electrons. The van der Waals surface area contributed by atoms with Crippen molar-refractivity contribution < 1.29 is 61.6 Å². The van der Waals surface area contributed by atoms with Crippen molar-refractivity contribution in [2.24, 2.45) is 0 Å². The second kappa shape index (κ2) is 16.2. The molecule has 0 saturated carbocycles. The van der Waals surface area contributed by atoms with Crippen LogP contribution >= 0.6 is 0 Å². The summed E-state index contributed by atoms with van der Waals surface area (Å²) < 4.78 is 0. The topological polar surface area (TPSA) is 121 Å². The normalized spacial score (nSPS) is 3.43. The van der Waals surface area contributed by atoms with Crippen molar-refractivity contribution >= 4 is 6.16 Å². The van der Waals surface area contributed by atoms with Gasteiger partial charge in [-0.2, -0.15) is 0 Å². The molecular formula is CH6LaO5. The summed E-state index contributed by atoms with van der Waals surface area (Å²) in [5, 5.41) is 13.9. The largest absolute Gasteiger partial charge is 0.503 e. The molecule has 7 heavy (non-hydrogen) atoms. The standard InChI is InChI=1S/CH2O3.La.2H2O/c2-1(3)4;;;/h(H2,2,3,4);;2*1H2. The summed E-state index contributed by atoms with van der Waals surface area (Å²) in [5.41, 5.74) is 0. The molecule has 0 aliphatic carbocycles. The van der Waals surface area contributed by atoms with Crippen LogP contribution in [0.15, 0.2) is 0 Å². The molecule has 0 saturated heterocycles. The van der Waals surface area contributed by atoms with Crippen molar-refractivity contribution in [3.8, 4) is 0 Å². The monoisotopic (exact) mass is 237 g/mol. The van der Waals surface area contributed by atoms with Crippen LogP contribution in [0.1, 0.15) is 0 Å². The molecule has 0 rings (SSSR count). The van der Waals surface area contributed by atoms with Crippen LogP contribution in [0.2, 0.25) is 0 Å². The first-order chi connectivity index (χ1) is 1.73. The molecule has 43 valence electrons. The summed E-state index contributed by atoms with van der Waals surface area (Å²) in [5.74, 6) is 0. The molecule has 0 heterocycles. The van der Waals surface area contributed by atoms with Crippen LogP contribution in [0.3, 0.4) is 0 Å². The summed E-state index contributed by atoms with van der Waals surface area (Å²) >= 11 is 0. The molecule has 0 aromatic rings. The zero-order valence-electron chi connectivity index (χ0n) is 3.38. The average Bonchev–Trinajstić information content (AvgIpc) is 0.811. The maximum Gasteiger partial charge on any atom is 0.503 e. The van der Waals surface area contributed by atoms with Crippen molar-refractivity contribution in [1.82, 2.24) is 0 Å². The first-order valence-electron chi connectivity index (χ1n) is 0.651. The fourth-order valence-electron chi connectivity index (χ4n) is 0. The van der Waals surface area contributed by atoms with E-state index in [1.807, 2.05) is 0 Å². The third-order valence-electron chi connectivity index (χ3n) is 0. The number of carboxylic acid groups (broad SMARTS) is 2. The van der Waals surface area contributed by atoms with Gasteiger partial charge in [0.05, 0.1) is 0 Å². The van der Waals surface area contributed by atoms with Crippen molar-refractivity contribution in [2.75, 3.05) is 0 Å². The molecule has 0 unspecified atom stereocenters. The Morgan fingerprint density at radius 2 is 1.14 bits per heavy atom. The minimum atomic E-state index is -1.83. The third kappa shape index (κ3) is 829. The third-order valence-corrected chi connectivity index (χ3v) is 0. The number of rotatable bonds is 0. The Morgan fingerprint density at radius 1 is 1.14 bits per heavy atom. The second-order valence-electron chi connectivity index (χ2n) is 0.283. The van der Waals surface area contributed by atoms with Crippen LogP contribution in [-0.4, -0.2) is 27.3 Å². The van der Waals surface area contributed by atoms with Crippen LogP contribution in [0.5, 0.6) is 0 Å². The first-order valence-corrected chi connectivity index (χ1v) is 0.651. The van der Waals surface area contributed by atoms with Gasteiger partial charge in [-0.15, -0.1) is 0 Å². The fraction of sp³-hybridized carbons (Fsp3) is 0. The maximum atomic E-state index is 8.56. The Morgan fingerprint density at radius 3 is 1.14 bits per heavy atom. The zero-order valence-corrected chi connectivity index (χ0v) is 7.01. The van der Waals surface area contributed by atoms with E-state index < -0.39 is 6.16 Å². The maximum absolute atomic E-state index is 8.56. The number of hydrogen-bond acceptors (Lipinski definition) is 1. The van der Waals surface area contributed by atoms with Gasteiger partial charge < -0.3 is 21.2 Å². The van der Waals surface area contributed by atoms with Gasteiger partial charge in [-0.05, 0) is 0 Å². The molecule has 0 spiro atoms. The van der Waals surface area contributed by atoms with Crippen LogP contribution in [-0.2, 0) is 0 Å². The molecule has 0 fully saturated rings. The Labute approximate surface area is 67.6 Å². The van der Waals surface area contributed by atoms with Gasteiger partial charge in [-0.1, -0.05) is 0 Å². The Balaban J connectivity index is -0.0000000150. The second-order valence-corrected chi connectivity index (χ2v) is 0.283. The molecule has 0 aromatic heterocycles. The molecule has 0 aromatic carbocycles. The molecule has 0 bridgehead atoms. The van der Waals surface area contributed by atoms with E-state index in [2.05, 4.69) is 0 Å². The predicted molar refractivity (Wildman–Crippen MR) is 17.9 cm³/mol. The zero-order chi connectivity index (χ0) is 3.58. The van der Waals surface area contributed by atoms with Crippen molar-refractivity contribution in [2.45, 2.75) is 0 Å². The summed E-state index contributed by atoms with van der Waals surface area (Å²) in [7, 11) is 0. The Hall–Kier alpha value is 0.385. The summed E-state index contributed by atoms with van der Waals surface area (Å²) in [6, 6.07) is 0. The van der Waals surface area contributed by atoms with Gasteiger partial charge in [-0.3, -0.25) is 0 Å². The molecule has 0 amide bonds. The molecule has 6 N–H and O–H groups in total. The van der Waals surface area contributed by atoms with Gasteiger partial charge in [0.1, 0.15) is 0 Å². The molecule has 0 aliphatic rings. The van der Waals surface area contributed by atoms with E-state index in [-0.39, 0.29) is 46.6 Å². The van der Waals surface area contributed by atoms with E-state index in [0.29, 0.717) is 0 Å². The predicted octanol–water partition coefficient (Wildman–Crippen LogP) is -1.43. The van der Waals surface area contributed by atoms with Crippen LogP contribution in [0.25, 0.3) is 0 Å². The summed E-state index contributed by atoms with van der Waals surface area (Å²) in [6.45, 7) is 0. The van der Waals surface area contributed by atoms with E-state index in [4.69, 9.17) is 15.0 Å². The minimum absolute atomic E-state index is 0. The minimum Gasteiger partial charge on any atom is -0.450 e. The molecule has 0 atom stereocenters.